The van der Waals surface area contributed by atoms with E-state index < -0.39 is 11.2 Å². The fourth-order valence-corrected chi connectivity index (χ4v) is 5.33. The van der Waals surface area contributed by atoms with Crippen molar-refractivity contribution in [3.05, 3.63) is 71.3 Å². The molecule has 2 aliphatic rings. The van der Waals surface area contributed by atoms with Crippen molar-refractivity contribution >= 4 is 0 Å². The Morgan fingerprint density at radius 2 is 1.28 bits per heavy atom. The van der Waals surface area contributed by atoms with E-state index >= 15 is 0 Å². The molecule has 0 amide bonds. The zero-order valence-corrected chi connectivity index (χ0v) is 19.1. The number of aliphatic hydroxyl groups is 2. The lowest BCUT2D eigenvalue weighted by Crippen LogP contribution is -2.42. The van der Waals surface area contributed by atoms with Crippen molar-refractivity contribution in [2.24, 2.45) is 11.7 Å². The number of halogens is 2. The summed E-state index contributed by atoms with van der Waals surface area (Å²) >= 11 is 0. The van der Waals surface area contributed by atoms with E-state index in [1.807, 2.05) is 6.07 Å². The van der Waals surface area contributed by atoms with Gasteiger partial charge < -0.3 is 15.9 Å². The van der Waals surface area contributed by atoms with Crippen LogP contribution in [0.15, 0.2) is 48.5 Å². The largest absolute Gasteiger partial charge is 0.390 e. The smallest absolute Gasteiger partial charge is 0.126 e. The fourth-order valence-electron chi connectivity index (χ4n) is 5.33. The first kappa shape index (κ1) is 24.8. The molecule has 0 heterocycles. The van der Waals surface area contributed by atoms with Crippen molar-refractivity contribution < 1.29 is 19.0 Å². The molecule has 4 rings (SSSR count). The standard InChI is InChI=1S/C14H19FO.C13H18FNO/c1-11-5-4-8-14(16,9-11)10-12-6-2-3-7-13(12)15;14-12-6-2-1-4-10(12)8-13(16)7-3-5-11(15)9-13/h2-3,6-7,11,16H,4-5,8-10H2,1H3;1-2,4,6,11,16H,3,5,7-9,15H2. The summed E-state index contributed by atoms with van der Waals surface area (Å²) in [6.07, 6.45) is 7.80. The maximum absolute atomic E-state index is 13.5. The molecular formula is C27H37F2NO2. The molecule has 0 aromatic heterocycles. The first-order valence-corrected chi connectivity index (χ1v) is 11.9. The second-order valence-corrected chi connectivity index (χ2v) is 10.0. The average molecular weight is 446 g/mol. The molecule has 176 valence electrons. The minimum Gasteiger partial charge on any atom is -0.390 e. The van der Waals surface area contributed by atoms with Crippen LogP contribution in [0.2, 0.25) is 0 Å². The first-order chi connectivity index (χ1) is 15.2. The lowest BCUT2D eigenvalue weighted by Gasteiger charge is -2.35. The van der Waals surface area contributed by atoms with Crippen LogP contribution in [0, 0.1) is 17.6 Å². The van der Waals surface area contributed by atoms with E-state index in [-0.39, 0.29) is 17.7 Å². The Kier molecular flexibility index (Phi) is 8.43. The normalized spacial score (nSPS) is 30.3. The van der Waals surface area contributed by atoms with Crippen LogP contribution in [0.5, 0.6) is 0 Å². The molecular weight excluding hydrogens is 408 g/mol. The molecule has 0 bridgehead atoms. The Morgan fingerprint density at radius 3 is 1.75 bits per heavy atom. The lowest BCUT2D eigenvalue weighted by molar-refractivity contribution is -0.0130. The van der Waals surface area contributed by atoms with E-state index in [2.05, 4.69) is 6.92 Å². The molecule has 4 N–H and O–H groups in total. The van der Waals surface area contributed by atoms with Crippen LogP contribution in [0.1, 0.15) is 69.4 Å². The SMILES string of the molecule is CC1CCCC(O)(Cc2ccccc2F)C1.NC1CCCC(O)(Cc2ccccc2F)C1. The minimum absolute atomic E-state index is 0.0468. The predicted octanol–water partition coefficient (Wildman–Crippen LogP) is 5.31. The van der Waals surface area contributed by atoms with Gasteiger partial charge in [-0.2, -0.15) is 0 Å². The van der Waals surface area contributed by atoms with Crippen molar-refractivity contribution in [2.75, 3.05) is 0 Å². The highest BCUT2D eigenvalue weighted by Gasteiger charge is 2.34. The number of hydrogen-bond acceptors (Lipinski definition) is 3. The molecule has 0 radical (unpaired) electrons. The molecule has 4 atom stereocenters. The number of benzene rings is 2. The monoisotopic (exact) mass is 445 g/mol. The average Bonchev–Trinajstić information content (AvgIpc) is 2.71. The second-order valence-electron chi connectivity index (χ2n) is 10.0. The highest BCUT2D eigenvalue weighted by atomic mass is 19.1. The first-order valence-electron chi connectivity index (χ1n) is 11.9. The summed E-state index contributed by atoms with van der Waals surface area (Å²) in [5.74, 6) is 0.106. The van der Waals surface area contributed by atoms with Gasteiger partial charge in [0.1, 0.15) is 11.6 Å². The van der Waals surface area contributed by atoms with Crippen molar-refractivity contribution in [3.8, 4) is 0 Å². The van der Waals surface area contributed by atoms with Gasteiger partial charge in [0.2, 0.25) is 0 Å². The summed E-state index contributed by atoms with van der Waals surface area (Å²) < 4.78 is 27.0. The van der Waals surface area contributed by atoms with Gasteiger partial charge in [0, 0.05) is 18.9 Å². The zero-order chi connectivity index (χ0) is 23.2. The Balaban J connectivity index is 0.000000181. The van der Waals surface area contributed by atoms with E-state index in [1.54, 1.807) is 30.3 Å². The van der Waals surface area contributed by atoms with Gasteiger partial charge >= 0.3 is 0 Å². The third kappa shape index (κ3) is 7.09. The summed E-state index contributed by atoms with van der Waals surface area (Å²) in [5.41, 5.74) is 5.55. The Hall–Kier alpha value is -1.82. The molecule has 5 heteroatoms. The highest BCUT2D eigenvalue weighted by Crippen LogP contribution is 2.35. The minimum atomic E-state index is -0.820. The molecule has 32 heavy (non-hydrogen) atoms. The number of hydrogen-bond donors (Lipinski definition) is 3. The molecule has 3 nitrogen and oxygen atoms in total. The molecule has 2 saturated carbocycles. The predicted molar refractivity (Wildman–Crippen MR) is 124 cm³/mol. The molecule has 0 spiro atoms. The van der Waals surface area contributed by atoms with Gasteiger partial charge in [0.25, 0.3) is 0 Å². The molecule has 2 aromatic rings. The van der Waals surface area contributed by atoms with E-state index in [9.17, 15) is 19.0 Å². The molecule has 4 unspecified atom stereocenters. The molecule has 2 fully saturated rings. The Morgan fingerprint density at radius 1 is 0.812 bits per heavy atom. The summed E-state index contributed by atoms with van der Waals surface area (Å²) in [6, 6.07) is 13.4. The van der Waals surface area contributed by atoms with Crippen molar-refractivity contribution in [1.82, 2.24) is 0 Å². The van der Waals surface area contributed by atoms with Gasteiger partial charge in [0.15, 0.2) is 0 Å². The van der Waals surface area contributed by atoms with Crippen molar-refractivity contribution in [2.45, 2.75) is 88.4 Å². The third-order valence-electron chi connectivity index (χ3n) is 6.88. The van der Waals surface area contributed by atoms with Gasteiger partial charge in [-0.05, 0) is 67.7 Å². The second kappa shape index (κ2) is 10.9. The van der Waals surface area contributed by atoms with Gasteiger partial charge in [-0.25, -0.2) is 8.78 Å². The molecule has 0 aliphatic heterocycles. The van der Waals surface area contributed by atoms with Gasteiger partial charge in [-0.1, -0.05) is 56.2 Å². The number of nitrogens with two attached hydrogens (primary N) is 1. The van der Waals surface area contributed by atoms with Crippen molar-refractivity contribution in [3.63, 3.8) is 0 Å². The van der Waals surface area contributed by atoms with Crippen LogP contribution in [0.4, 0.5) is 8.78 Å². The number of rotatable bonds is 4. The summed E-state index contributed by atoms with van der Waals surface area (Å²) in [6.45, 7) is 2.16. The van der Waals surface area contributed by atoms with Crippen LogP contribution < -0.4 is 5.73 Å². The van der Waals surface area contributed by atoms with Gasteiger partial charge in [-0.3, -0.25) is 0 Å². The van der Waals surface area contributed by atoms with Crippen LogP contribution >= 0.6 is 0 Å². The van der Waals surface area contributed by atoms with Crippen LogP contribution in [-0.2, 0) is 12.8 Å². The van der Waals surface area contributed by atoms with Crippen molar-refractivity contribution in [1.29, 1.82) is 0 Å². The quantitative estimate of drug-likeness (QED) is 0.597. The summed E-state index contributed by atoms with van der Waals surface area (Å²) in [7, 11) is 0. The molecule has 2 aromatic carbocycles. The highest BCUT2D eigenvalue weighted by molar-refractivity contribution is 5.20. The van der Waals surface area contributed by atoms with Crippen LogP contribution in [0.3, 0.4) is 0 Å². The Labute approximate surface area is 190 Å². The molecule has 2 aliphatic carbocycles. The Bertz CT molecular complexity index is 805. The van der Waals surface area contributed by atoms with Crippen LogP contribution in [-0.4, -0.2) is 27.5 Å². The van der Waals surface area contributed by atoms with Crippen LogP contribution in [0.25, 0.3) is 0 Å². The summed E-state index contributed by atoms with van der Waals surface area (Å²) in [5, 5.41) is 20.8. The zero-order valence-electron chi connectivity index (χ0n) is 19.1. The third-order valence-corrected chi connectivity index (χ3v) is 6.88. The topological polar surface area (TPSA) is 66.5 Å². The maximum Gasteiger partial charge on any atom is 0.126 e. The van der Waals surface area contributed by atoms with E-state index in [0.717, 1.165) is 38.5 Å². The van der Waals surface area contributed by atoms with E-state index in [0.29, 0.717) is 36.3 Å². The van der Waals surface area contributed by atoms with E-state index in [1.165, 1.54) is 18.6 Å². The summed E-state index contributed by atoms with van der Waals surface area (Å²) in [4.78, 5) is 0. The van der Waals surface area contributed by atoms with Gasteiger partial charge in [-0.15, -0.1) is 0 Å². The van der Waals surface area contributed by atoms with Gasteiger partial charge in [0.05, 0.1) is 11.2 Å². The fraction of sp³-hybridized carbons (Fsp3) is 0.556. The molecule has 0 saturated heterocycles. The maximum atomic E-state index is 13.5. The lowest BCUT2D eigenvalue weighted by atomic mass is 9.76. The van der Waals surface area contributed by atoms with E-state index in [4.69, 9.17) is 5.73 Å².